The molecule has 3 rings (SSSR count). The highest BCUT2D eigenvalue weighted by atomic mass is 16.2. The number of unbranched alkanes of at least 4 members (excludes halogenated alkanes) is 1. The van der Waals surface area contributed by atoms with Gasteiger partial charge in [0.05, 0.1) is 5.69 Å². The number of carbonyl (C=O) groups excluding carboxylic acids is 1. The van der Waals surface area contributed by atoms with Crippen LogP contribution in [0.2, 0.25) is 0 Å². The lowest BCUT2D eigenvalue weighted by Gasteiger charge is -2.33. The van der Waals surface area contributed by atoms with E-state index in [-0.39, 0.29) is 18.0 Å². The van der Waals surface area contributed by atoms with E-state index >= 15 is 0 Å². The molecule has 1 aliphatic rings. The molecule has 6 nitrogen and oxygen atoms in total. The van der Waals surface area contributed by atoms with Crippen molar-refractivity contribution in [1.82, 2.24) is 20.0 Å². The molecular formula is C22H30N4O2. The number of likely N-dealkylation sites (tertiary alicyclic amines) is 1. The second kappa shape index (κ2) is 10.2. The van der Waals surface area contributed by atoms with Gasteiger partial charge in [-0.25, -0.2) is 4.68 Å². The van der Waals surface area contributed by atoms with Gasteiger partial charge < -0.3 is 10.2 Å². The highest BCUT2D eigenvalue weighted by molar-refractivity contribution is 5.75. The number of carbonyl (C=O) groups is 1. The van der Waals surface area contributed by atoms with E-state index in [9.17, 15) is 9.59 Å². The minimum atomic E-state index is -0.270. The molecule has 2 aromatic rings. The summed E-state index contributed by atoms with van der Waals surface area (Å²) >= 11 is 0. The molecule has 0 bridgehead atoms. The normalized spacial score (nSPS) is 17.4. The summed E-state index contributed by atoms with van der Waals surface area (Å²) in [5.41, 5.74) is 1.33. The van der Waals surface area contributed by atoms with Crippen LogP contribution in [-0.2, 0) is 11.3 Å². The van der Waals surface area contributed by atoms with E-state index in [0.29, 0.717) is 18.3 Å². The third kappa shape index (κ3) is 5.76. The van der Waals surface area contributed by atoms with Crippen molar-refractivity contribution in [3.05, 3.63) is 52.8 Å². The minimum absolute atomic E-state index is 0.0529. The molecule has 1 aromatic heterocycles. The summed E-state index contributed by atoms with van der Waals surface area (Å²) in [6.45, 7) is 5.17. The van der Waals surface area contributed by atoms with Crippen molar-refractivity contribution >= 4 is 5.91 Å². The number of benzene rings is 1. The molecule has 1 fully saturated rings. The van der Waals surface area contributed by atoms with Crippen LogP contribution in [0.4, 0.5) is 0 Å². The van der Waals surface area contributed by atoms with E-state index < -0.39 is 0 Å². The van der Waals surface area contributed by atoms with E-state index in [2.05, 4.69) is 22.2 Å². The minimum Gasteiger partial charge on any atom is -0.354 e. The van der Waals surface area contributed by atoms with Crippen molar-refractivity contribution < 1.29 is 4.79 Å². The van der Waals surface area contributed by atoms with Gasteiger partial charge in [0.25, 0.3) is 5.56 Å². The number of piperidine rings is 1. The zero-order chi connectivity index (χ0) is 19.8. The van der Waals surface area contributed by atoms with Gasteiger partial charge >= 0.3 is 0 Å². The number of hydrogen-bond acceptors (Lipinski definition) is 4. The molecule has 0 radical (unpaired) electrons. The molecule has 0 aliphatic carbocycles. The van der Waals surface area contributed by atoms with Gasteiger partial charge in [-0.3, -0.25) is 9.59 Å². The van der Waals surface area contributed by atoms with Gasteiger partial charge in [0.2, 0.25) is 5.91 Å². The molecule has 1 atom stereocenters. The van der Waals surface area contributed by atoms with Crippen LogP contribution in [0.15, 0.2) is 47.3 Å². The van der Waals surface area contributed by atoms with Crippen LogP contribution in [0.3, 0.4) is 0 Å². The Labute approximate surface area is 166 Å². The first-order valence-electron chi connectivity index (χ1n) is 10.3. The Morgan fingerprint density at radius 3 is 2.75 bits per heavy atom. The molecule has 1 unspecified atom stereocenters. The first-order chi connectivity index (χ1) is 13.6. The number of rotatable bonds is 8. The lowest BCUT2D eigenvalue weighted by Crippen LogP contribution is -2.38. The Kier molecular flexibility index (Phi) is 7.37. The Balaban J connectivity index is 1.44. The fourth-order valence-electron chi connectivity index (χ4n) is 3.67. The molecule has 0 saturated carbocycles. The van der Waals surface area contributed by atoms with E-state index in [1.165, 1.54) is 36.6 Å². The Morgan fingerprint density at radius 1 is 1.14 bits per heavy atom. The smallest absolute Gasteiger partial charge is 0.267 e. The summed E-state index contributed by atoms with van der Waals surface area (Å²) in [5, 5.41) is 7.24. The zero-order valence-corrected chi connectivity index (χ0v) is 16.6. The predicted molar refractivity (Wildman–Crippen MR) is 111 cm³/mol. The Morgan fingerprint density at radius 2 is 1.96 bits per heavy atom. The van der Waals surface area contributed by atoms with Gasteiger partial charge in [0.1, 0.15) is 6.54 Å². The van der Waals surface area contributed by atoms with Crippen molar-refractivity contribution in [2.24, 2.45) is 0 Å². The molecule has 28 heavy (non-hydrogen) atoms. The molecule has 0 spiro atoms. The fourth-order valence-corrected chi connectivity index (χ4v) is 3.67. The summed E-state index contributed by atoms with van der Waals surface area (Å²) in [6.07, 6.45) is 5.95. The highest BCUT2D eigenvalue weighted by Crippen LogP contribution is 2.16. The van der Waals surface area contributed by atoms with Gasteiger partial charge in [-0.05, 0) is 51.8 Å². The first kappa shape index (κ1) is 20.3. The second-order valence-electron chi connectivity index (χ2n) is 7.52. The second-order valence-corrected chi connectivity index (χ2v) is 7.52. The number of amides is 1. The highest BCUT2D eigenvalue weighted by Gasteiger charge is 2.17. The number of nitrogens with zero attached hydrogens (tertiary/aromatic N) is 3. The quantitative estimate of drug-likeness (QED) is 0.713. The van der Waals surface area contributed by atoms with E-state index in [4.69, 9.17) is 0 Å². The van der Waals surface area contributed by atoms with Gasteiger partial charge in [-0.15, -0.1) is 0 Å². The molecule has 1 N–H and O–H groups in total. The topological polar surface area (TPSA) is 67.2 Å². The Bertz CT molecular complexity index is 819. The van der Waals surface area contributed by atoms with Gasteiger partial charge in [0, 0.05) is 24.2 Å². The predicted octanol–water partition coefficient (Wildman–Crippen LogP) is 2.68. The van der Waals surface area contributed by atoms with Gasteiger partial charge in [0.15, 0.2) is 0 Å². The molecule has 1 saturated heterocycles. The van der Waals surface area contributed by atoms with Crippen molar-refractivity contribution in [1.29, 1.82) is 0 Å². The van der Waals surface area contributed by atoms with Crippen LogP contribution < -0.4 is 10.9 Å². The van der Waals surface area contributed by atoms with Crippen LogP contribution in [0.5, 0.6) is 0 Å². The first-order valence-corrected chi connectivity index (χ1v) is 10.3. The fraction of sp³-hybridized carbons (Fsp3) is 0.500. The maximum atomic E-state index is 12.2. The molecule has 1 aromatic carbocycles. The van der Waals surface area contributed by atoms with Crippen molar-refractivity contribution in [3.63, 3.8) is 0 Å². The largest absolute Gasteiger partial charge is 0.354 e. The average Bonchev–Trinajstić information content (AvgIpc) is 2.71. The SMILES string of the molecule is CC1CCCCN1CCCCNC(=O)Cn1nc(-c2ccccc2)ccc1=O. The number of hydrogen-bond donors (Lipinski definition) is 1. The molecule has 1 amide bonds. The van der Waals surface area contributed by atoms with E-state index in [1.807, 2.05) is 30.3 Å². The number of aromatic nitrogens is 2. The summed E-state index contributed by atoms with van der Waals surface area (Å²) in [7, 11) is 0. The third-order valence-electron chi connectivity index (χ3n) is 5.36. The maximum absolute atomic E-state index is 12.2. The number of nitrogens with one attached hydrogen (secondary N) is 1. The van der Waals surface area contributed by atoms with Crippen molar-refractivity contribution in [2.45, 2.75) is 51.6 Å². The standard InChI is InChI=1S/C22H30N4O2/c1-18-9-5-7-15-25(18)16-8-6-14-23-21(27)17-26-22(28)13-12-20(24-26)19-10-3-2-4-11-19/h2-4,10-13,18H,5-9,14-17H2,1H3,(H,23,27). The molecule has 2 heterocycles. The average molecular weight is 383 g/mol. The van der Waals surface area contributed by atoms with Gasteiger partial charge in [-0.2, -0.15) is 5.10 Å². The summed E-state index contributed by atoms with van der Waals surface area (Å²) in [5.74, 6) is -0.175. The monoisotopic (exact) mass is 382 g/mol. The summed E-state index contributed by atoms with van der Waals surface area (Å²) in [6, 6.07) is 13.5. The van der Waals surface area contributed by atoms with E-state index in [0.717, 1.165) is 24.9 Å². The van der Waals surface area contributed by atoms with Crippen LogP contribution in [0.25, 0.3) is 11.3 Å². The summed E-state index contributed by atoms with van der Waals surface area (Å²) in [4.78, 5) is 26.8. The molecule has 1 aliphatic heterocycles. The van der Waals surface area contributed by atoms with Crippen molar-refractivity contribution in [2.75, 3.05) is 19.6 Å². The third-order valence-corrected chi connectivity index (χ3v) is 5.36. The lowest BCUT2D eigenvalue weighted by molar-refractivity contribution is -0.121. The molecule has 6 heteroatoms. The van der Waals surface area contributed by atoms with Crippen LogP contribution in [0, 0.1) is 0 Å². The maximum Gasteiger partial charge on any atom is 0.267 e. The van der Waals surface area contributed by atoms with Crippen LogP contribution in [0.1, 0.15) is 39.0 Å². The summed E-state index contributed by atoms with van der Waals surface area (Å²) < 4.78 is 1.23. The lowest BCUT2D eigenvalue weighted by atomic mass is 10.0. The van der Waals surface area contributed by atoms with Crippen LogP contribution >= 0.6 is 0 Å². The molecule has 150 valence electrons. The molecular weight excluding hydrogens is 352 g/mol. The van der Waals surface area contributed by atoms with E-state index in [1.54, 1.807) is 6.07 Å². The zero-order valence-electron chi connectivity index (χ0n) is 16.6. The Hall–Kier alpha value is -2.47. The van der Waals surface area contributed by atoms with Crippen LogP contribution in [-0.4, -0.2) is 46.3 Å². The van der Waals surface area contributed by atoms with Gasteiger partial charge in [-0.1, -0.05) is 36.8 Å². The van der Waals surface area contributed by atoms with Crippen molar-refractivity contribution in [3.8, 4) is 11.3 Å².